The van der Waals surface area contributed by atoms with Gasteiger partial charge in [-0.25, -0.2) is 9.80 Å². The maximum absolute atomic E-state index is 13.7. The fourth-order valence-corrected chi connectivity index (χ4v) is 6.31. The first-order valence-corrected chi connectivity index (χ1v) is 16.3. The zero-order valence-electron chi connectivity index (χ0n) is 27.3. The highest BCUT2D eigenvalue weighted by molar-refractivity contribution is 6.30. The molecule has 0 bridgehead atoms. The molecule has 1 aliphatic carbocycles. The molecule has 1 saturated heterocycles. The summed E-state index contributed by atoms with van der Waals surface area (Å²) in [6.07, 6.45) is 7.16. The van der Waals surface area contributed by atoms with Gasteiger partial charge in [-0.3, -0.25) is 15.0 Å². The van der Waals surface area contributed by atoms with Crippen molar-refractivity contribution in [2.75, 3.05) is 19.6 Å². The fraction of sp³-hybridized carbons (Fsp3) is 0.727. The summed E-state index contributed by atoms with van der Waals surface area (Å²) in [5.74, 6) is 0.384. The minimum atomic E-state index is -0.593. The van der Waals surface area contributed by atoms with Crippen molar-refractivity contribution in [3.63, 3.8) is 0 Å². The summed E-state index contributed by atoms with van der Waals surface area (Å²) in [5.41, 5.74) is 2.82. The van der Waals surface area contributed by atoms with Gasteiger partial charge < -0.3 is 20.7 Å². The first-order valence-electron chi connectivity index (χ1n) is 15.9. The molecule has 1 aromatic rings. The van der Waals surface area contributed by atoms with Gasteiger partial charge in [0.1, 0.15) is 5.60 Å². The Balaban J connectivity index is 1.66. The standard InChI is InChI=1S/C33H54ClN5O4/c1-23(36-30(42)43-32(5,6)7)22-35-27(21-24-13-15-26(34)16-14-24)28(40)38-39-19-17-33(18-20-39,25-11-9-8-10-12-25)29(41)37-31(2,3)4/h13-16,23,25,27,35H,8-12,17-22H2,1-7H3,(H,36,42)(H,37,41)(H,38,40)/t23?,27-/m1/s1. The minimum Gasteiger partial charge on any atom is -0.444 e. The van der Waals surface area contributed by atoms with Crippen molar-refractivity contribution < 1.29 is 19.1 Å². The number of rotatable bonds is 10. The molecule has 1 aromatic carbocycles. The van der Waals surface area contributed by atoms with E-state index in [1.54, 1.807) is 0 Å². The van der Waals surface area contributed by atoms with Gasteiger partial charge in [-0.05, 0) is 104 Å². The molecule has 10 heteroatoms. The summed E-state index contributed by atoms with van der Waals surface area (Å²) in [6, 6.07) is 6.66. The molecule has 2 atom stereocenters. The fourth-order valence-electron chi connectivity index (χ4n) is 6.18. The summed E-state index contributed by atoms with van der Waals surface area (Å²) in [7, 11) is 0. The lowest BCUT2D eigenvalue weighted by molar-refractivity contribution is -0.143. The minimum absolute atomic E-state index is 0.149. The van der Waals surface area contributed by atoms with E-state index in [-0.39, 0.29) is 23.4 Å². The van der Waals surface area contributed by atoms with Crippen molar-refractivity contribution in [2.24, 2.45) is 11.3 Å². The van der Waals surface area contributed by atoms with E-state index in [1.165, 1.54) is 19.3 Å². The second-order valence-corrected chi connectivity index (χ2v) is 14.9. The summed E-state index contributed by atoms with van der Waals surface area (Å²) < 4.78 is 5.37. The molecular formula is C33H54ClN5O4. The van der Waals surface area contributed by atoms with Crippen LogP contribution in [0.25, 0.3) is 0 Å². The molecule has 1 unspecified atom stereocenters. The van der Waals surface area contributed by atoms with Crippen LogP contribution in [-0.4, -0.2) is 65.8 Å². The van der Waals surface area contributed by atoms with Gasteiger partial charge in [0.05, 0.1) is 11.5 Å². The number of carbonyl (C=O) groups is 3. The number of hydrazine groups is 1. The number of piperidine rings is 1. The molecule has 1 aliphatic heterocycles. The topological polar surface area (TPSA) is 112 Å². The predicted octanol–water partition coefficient (Wildman–Crippen LogP) is 5.36. The number of nitrogens with zero attached hydrogens (tertiary/aromatic N) is 1. The van der Waals surface area contributed by atoms with E-state index in [4.69, 9.17) is 16.3 Å². The molecular weight excluding hydrogens is 566 g/mol. The highest BCUT2D eigenvalue weighted by Crippen LogP contribution is 2.46. The summed E-state index contributed by atoms with van der Waals surface area (Å²) in [5, 5.41) is 12.1. The second-order valence-electron chi connectivity index (χ2n) is 14.5. The lowest BCUT2D eigenvalue weighted by atomic mass is 9.63. The Labute approximate surface area is 263 Å². The largest absolute Gasteiger partial charge is 0.444 e. The van der Waals surface area contributed by atoms with Crippen molar-refractivity contribution in [3.05, 3.63) is 34.9 Å². The van der Waals surface area contributed by atoms with E-state index in [1.807, 2.05) is 77.7 Å². The number of carbonyl (C=O) groups excluding carboxylic acids is 3. The number of benzene rings is 1. The monoisotopic (exact) mass is 619 g/mol. The number of halogens is 1. The molecule has 0 radical (unpaired) electrons. The SMILES string of the molecule is CC(CN[C@H](Cc1ccc(Cl)cc1)C(=O)NN1CCC(C(=O)NC(C)(C)C)(C2CCCCC2)CC1)NC(=O)OC(C)(C)C. The first-order chi connectivity index (χ1) is 20.1. The van der Waals surface area contributed by atoms with Crippen LogP contribution < -0.4 is 21.4 Å². The van der Waals surface area contributed by atoms with Crippen LogP contribution in [0.3, 0.4) is 0 Å². The van der Waals surface area contributed by atoms with E-state index in [0.717, 1.165) is 18.4 Å². The van der Waals surface area contributed by atoms with Crippen LogP contribution in [0.1, 0.15) is 99.0 Å². The molecule has 1 heterocycles. The zero-order chi connectivity index (χ0) is 31.8. The van der Waals surface area contributed by atoms with Crippen LogP contribution >= 0.6 is 11.6 Å². The number of hydrogen-bond donors (Lipinski definition) is 4. The number of nitrogens with one attached hydrogen (secondary N) is 4. The average Bonchev–Trinajstić information content (AvgIpc) is 2.91. The predicted molar refractivity (Wildman–Crippen MR) is 172 cm³/mol. The highest BCUT2D eigenvalue weighted by Gasteiger charge is 2.48. The van der Waals surface area contributed by atoms with E-state index >= 15 is 0 Å². The van der Waals surface area contributed by atoms with E-state index in [0.29, 0.717) is 49.8 Å². The second kappa shape index (κ2) is 15.1. The Morgan fingerprint density at radius 2 is 1.60 bits per heavy atom. The Kier molecular flexibility index (Phi) is 12.3. The molecule has 3 rings (SSSR count). The Morgan fingerprint density at radius 3 is 2.16 bits per heavy atom. The average molecular weight is 620 g/mol. The number of amides is 3. The van der Waals surface area contributed by atoms with Crippen molar-refractivity contribution in [2.45, 2.75) is 123 Å². The Bertz CT molecular complexity index is 1070. The molecule has 9 nitrogen and oxygen atoms in total. The lowest BCUT2D eigenvalue weighted by Crippen LogP contribution is -2.60. The smallest absolute Gasteiger partial charge is 0.407 e. The van der Waals surface area contributed by atoms with Gasteiger partial charge >= 0.3 is 6.09 Å². The van der Waals surface area contributed by atoms with Crippen LogP contribution in [-0.2, 0) is 20.7 Å². The molecule has 2 aliphatic rings. The first kappa shape index (κ1) is 35.1. The van der Waals surface area contributed by atoms with Crippen molar-refractivity contribution in [1.29, 1.82) is 0 Å². The van der Waals surface area contributed by atoms with Crippen LogP contribution in [0.5, 0.6) is 0 Å². The van der Waals surface area contributed by atoms with Gasteiger partial charge in [0.15, 0.2) is 0 Å². The summed E-state index contributed by atoms with van der Waals surface area (Å²) in [4.78, 5) is 39.6. The van der Waals surface area contributed by atoms with E-state index in [9.17, 15) is 14.4 Å². The van der Waals surface area contributed by atoms with Gasteiger partial charge in [0.2, 0.25) is 5.91 Å². The van der Waals surface area contributed by atoms with Crippen LogP contribution in [0.2, 0.25) is 5.02 Å². The third kappa shape index (κ3) is 11.3. The number of hydrogen-bond acceptors (Lipinski definition) is 6. The normalized spacial score (nSPS) is 19.6. The van der Waals surface area contributed by atoms with E-state index in [2.05, 4.69) is 21.4 Å². The Morgan fingerprint density at radius 1 is 1.00 bits per heavy atom. The van der Waals surface area contributed by atoms with E-state index < -0.39 is 23.2 Å². The molecule has 43 heavy (non-hydrogen) atoms. The van der Waals surface area contributed by atoms with Gasteiger partial charge in [0.25, 0.3) is 5.91 Å². The molecule has 0 aromatic heterocycles. The zero-order valence-corrected chi connectivity index (χ0v) is 28.0. The maximum Gasteiger partial charge on any atom is 0.407 e. The summed E-state index contributed by atoms with van der Waals surface area (Å²) >= 11 is 6.09. The number of alkyl carbamates (subject to hydrolysis) is 1. The molecule has 242 valence electrons. The summed E-state index contributed by atoms with van der Waals surface area (Å²) in [6.45, 7) is 15.0. The lowest BCUT2D eigenvalue weighted by Gasteiger charge is -2.47. The quantitative estimate of drug-likeness (QED) is 0.280. The van der Waals surface area contributed by atoms with Gasteiger partial charge in [-0.2, -0.15) is 0 Å². The van der Waals surface area contributed by atoms with Gasteiger partial charge in [-0.1, -0.05) is 43.0 Å². The molecule has 3 amide bonds. The maximum atomic E-state index is 13.7. The van der Waals surface area contributed by atoms with Crippen LogP contribution in [0, 0.1) is 11.3 Å². The molecule has 2 fully saturated rings. The number of ether oxygens (including phenoxy) is 1. The van der Waals surface area contributed by atoms with Crippen LogP contribution in [0.4, 0.5) is 4.79 Å². The third-order valence-electron chi connectivity index (χ3n) is 8.35. The van der Waals surface area contributed by atoms with Gasteiger partial charge in [-0.15, -0.1) is 0 Å². The van der Waals surface area contributed by atoms with Gasteiger partial charge in [0, 0.05) is 36.2 Å². The highest BCUT2D eigenvalue weighted by atomic mass is 35.5. The molecule has 1 saturated carbocycles. The van der Waals surface area contributed by atoms with Crippen molar-refractivity contribution in [1.82, 2.24) is 26.4 Å². The molecule has 4 N–H and O–H groups in total. The molecule has 0 spiro atoms. The Hall–Kier alpha value is -2.36. The van der Waals surface area contributed by atoms with Crippen molar-refractivity contribution in [3.8, 4) is 0 Å². The third-order valence-corrected chi connectivity index (χ3v) is 8.61. The van der Waals surface area contributed by atoms with Crippen molar-refractivity contribution >= 4 is 29.5 Å². The van der Waals surface area contributed by atoms with Crippen LogP contribution in [0.15, 0.2) is 24.3 Å².